The Labute approximate surface area is 110 Å². The highest BCUT2D eigenvalue weighted by atomic mass is 35.5. The zero-order chi connectivity index (χ0) is 12.5. The van der Waals surface area contributed by atoms with Crippen LogP contribution in [0.15, 0.2) is 16.3 Å². The topological polar surface area (TPSA) is 72.2 Å². The van der Waals surface area contributed by atoms with E-state index < -0.39 is 10.0 Å². The lowest BCUT2D eigenvalue weighted by Gasteiger charge is -2.26. The Hall–Kier alpha value is -0.140. The lowest BCUT2D eigenvalue weighted by Crippen LogP contribution is -2.40. The van der Waals surface area contributed by atoms with Gasteiger partial charge in [-0.15, -0.1) is 11.3 Å². The molecule has 1 aliphatic rings. The summed E-state index contributed by atoms with van der Waals surface area (Å²) in [6.07, 6.45) is 3.36. The molecule has 0 bridgehead atoms. The molecular weight excluding hydrogens is 280 g/mol. The summed E-state index contributed by atoms with van der Waals surface area (Å²) in [6.45, 7) is 0. The van der Waals surface area contributed by atoms with Gasteiger partial charge in [0, 0.05) is 12.1 Å². The maximum absolute atomic E-state index is 12.0. The van der Waals surface area contributed by atoms with Crippen molar-refractivity contribution < 1.29 is 8.42 Å². The first-order chi connectivity index (χ1) is 7.97. The van der Waals surface area contributed by atoms with Crippen molar-refractivity contribution >= 4 is 33.0 Å². The summed E-state index contributed by atoms with van der Waals surface area (Å²) in [5.74, 6) is 0. The van der Waals surface area contributed by atoms with Gasteiger partial charge in [0.05, 0.1) is 4.34 Å². The molecule has 1 heterocycles. The van der Waals surface area contributed by atoms with Gasteiger partial charge < -0.3 is 5.73 Å². The first-order valence-corrected chi connectivity index (χ1v) is 8.18. The molecule has 0 atom stereocenters. The third-order valence-electron chi connectivity index (χ3n) is 2.91. The first-order valence-electron chi connectivity index (χ1n) is 5.50. The molecule has 0 amide bonds. The zero-order valence-corrected chi connectivity index (χ0v) is 11.6. The summed E-state index contributed by atoms with van der Waals surface area (Å²) >= 11 is 6.81. The third kappa shape index (κ3) is 3.42. The predicted molar refractivity (Wildman–Crippen MR) is 69.9 cm³/mol. The second-order valence-corrected chi connectivity index (χ2v) is 7.95. The molecule has 96 valence electrons. The van der Waals surface area contributed by atoms with E-state index in [-0.39, 0.29) is 16.3 Å². The molecule has 0 radical (unpaired) electrons. The molecule has 3 N–H and O–H groups in total. The highest BCUT2D eigenvalue weighted by Crippen LogP contribution is 2.26. The lowest BCUT2D eigenvalue weighted by atomic mass is 9.93. The molecule has 0 saturated heterocycles. The van der Waals surface area contributed by atoms with Crippen LogP contribution >= 0.6 is 22.9 Å². The van der Waals surface area contributed by atoms with Gasteiger partial charge in [0.1, 0.15) is 4.21 Å². The first kappa shape index (κ1) is 13.3. The van der Waals surface area contributed by atoms with Crippen LogP contribution in [0.25, 0.3) is 0 Å². The van der Waals surface area contributed by atoms with Gasteiger partial charge in [0.2, 0.25) is 10.0 Å². The van der Waals surface area contributed by atoms with Crippen molar-refractivity contribution in [1.29, 1.82) is 0 Å². The molecule has 1 fully saturated rings. The summed E-state index contributed by atoms with van der Waals surface area (Å²) < 4.78 is 27.5. The van der Waals surface area contributed by atoms with Gasteiger partial charge in [-0.3, -0.25) is 0 Å². The minimum absolute atomic E-state index is 0.000625. The molecule has 1 saturated carbocycles. The summed E-state index contributed by atoms with van der Waals surface area (Å²) in [4.78, 5) is 0. The Morgan fingerprint density at radius 3 is 2.47 bits per heavy atom. The second-order valence-electron chi connectivity index (χ2n) is 4.29. The minimum Gasteiger partial charge on any atom is -0.328 e. The normalized spacial score (nSPS) is 26.0. The van der Waals surface area contributed by atoms with Gasteiger partial charge in [-0.25, -0.2) is 13.1 Å². The molecule has 0 aromatic carbocycles. The minimum atomic E-state index is -3.41. The van der Waals surface area contributed by atoms with Gasteiger partial charge in [-0.1, -0.05) is 11.6 Å². The number of hydrogen-bond donors (Lipinski definition) is 2. The molecule has 2 rings (SSSR count). The van der Waals surface area contributed by atoms with Gasteiger partial charge in [0.15, 0.2) is 0 Å². The summed E-state index contributed by atoms with van der Waals surface area (Å²) in [6, 6.07) is 3.34. The number of sulfonamides is 1. The van der Waals surface area contributed by atoms with Crippen LogP contribution in [0.4, 0.5) is 0 Å². The Balaban J connectivity index is 2.03. The van der Waals surface area contributed by atoms with E-state index in [1.54, 1.807) is 6.07 Å². The molecule has 0 unspecified atom stereocenters. The molecular formula is C10H15ClN2O2S2. The van der Waals surface area contributed by atoms with E-state index in [0.29, 0.717) is 4.34 Å². The van der Waals surface area contributed by atoms with Crippen LogP contribution < -0.4 is 10.5 Å². The number of hydrogen-bond acceptors (Lipinski definition) is 4. The van der Waals surface area contributed by atoms with E-state index in [2.05, 4.69) is 4.72 Å². The average molecular weight is 295 g/mol. The summed E-state index contributed by atoms with van der Waals surface area (Å²) in [7, 11) is -3.41. The second kappa shape index (κ2) is 5.24. The maximum atomic E-state index is 12.0. The largest absolute Gasteiger partial charge is 0.328 e. The molecule has 4 nitrogen and oxygen atoms in total. The van der Waals surface area contributed by atoms with Crippen LogP contribution in [0, 0.1) is 0 Å². The zero-order valence-electron chi connectivity index (χ0n) is 9.23. The Kier molecular flexibility index (Phi) is 4.10. The van der Waals surface area contributed by atoms with Crippen LogP contribution in [-0.2, 0) is 10.0 Å². The van der Waals surface area contributed by atoms with E-state index in [1.165, 1.54) is 6.07 Å². The van der Waals surface area contributed by atoms with E-state index in [9.17, 15) is 8.42 Å². The number of thiophene rings is 1. The number of rotatable bonds is 3. The molecule has 0 aliphatic heterocycles. The van der Waals surface area contributed by atoms with Crippen molar-refractivity contribution in [1.82, 2.24) is 4.72 Å². The smallest absolute Gasteiger partial charge is 0.250 e. The van der Waals surface area contributed by atoms with Crippen LogP contribution in [-0.4, -0.2) is 20.5 Å². The quantitative estimate of drug-likeness (QED) is 0.895. The number of halogens is 1. The maximum Gasteiger partial charge on any atom is 0.250 e. The molecule has 1 aromatic rings. The predicted octanol–water partition coefficient (Wildman–Crippen LogP) is 1.95. The van der Waals surface area contributed by atoms with Gasteiger partial charge >= 0.3 is 0 Å². The molecule has 0 spiro atoms. The third-order valence-corrected chi connectivity index (χ3v) is 6.15. The van der Waals surface area contributed by atoms with Crippen molar-refractivity contribution in [2.45, 2.75) is 42.0 Å². The SMILES string of the molecule is NC1CCC(NS(=O)(=O)c2ccc(Cl)s2)CC1. The Bertz CT molecular complexity index is 478. The van der Waals surface area contributed by atoms with Crippen LogP contribution in [0.2, 0.25) is 4.34 Å². The number of nitrogens with one attached hydrogen (secondary N) is 1. The summed E-state index contributed by atoms with van der Waals surface area (Å²) in [5.41, 5.74) is 5.78. The molecule has 1 aliphatic carbocycles. The van der Waals surface area contributed by atoms with E-state index >= 15 is 0 Å². The Morgan fingerprint density at radius 2 is 1.94 bits per heavy atom. The fraction of sp³-hybridized carbons (Fsp3) is 0.600. The molecule has 7 heteroatoms. The van der Waals surface area contributed by atoms with E-state index in [4.69, 9.17) is 17.3 Å². The van der Waals surface area contributed by atoms with Gasteiger partial charge in [0.25, 0.3) is 0 Å². The van der Waals surface area contributed by atoms with E-state index in [0.717, 1.165) is 37.0 Å². The fourth-order valence-electron chi connectivity index (χ4n) is 1.96. The molecule has 1 aromatic heterocycles. The highest BCUT2D eigenvalue weighted by Gasteiger charge is 2.25. The van der Waals surface area contributed by atoms with Crippen molar-refractivity contribution in [3.05, 3.63) is 16.5 Å². The van der Waals surface area contributed by atoms with Gasteiger partial charge in [-0.2, -0.15) is 0 Å². The van der Waals surface area contributed by atoms with Crippen molar-refractivity contribution in [3.8, 4) is 0 Å². The Morgan fingerprint density at radius 1 is 1.29 bits per heavy atom. The monoisotopic (exact) mass is 294 g/mol. The van der Waals surface area contributed by atoms with Crippen LogP contribution in [0.5, 0.6) is 0 Å². The summed E-state index contributed by atoms with van der Waals surface area (Å²) in [5, 5.41) is 0. The van der Waals surface area contributed by atoms with Crippen molar-refractivity contribution in [2.24, 2.45) is 5.73 Å². The van der Waals surface area contributed by atoms with E-state index in [1.807, 2.05) is 0 Å². The standard InChI is InChI=1S/C10H15ClN2O2S2/c11-9-5-6-10(16-9)17(14,15)13-8-3-1-7(12)2-4-8/h5-8,13H,1-4,12H2. The van der Waals surface area contributed by atoms with Crippen LogP contribution in [0.1, 0.15) is 25.7 Å². The van der Waals surface area contributed by atoms with Gasteiger partial charge in [-0.05, 0) is 37.8 Å². The van der Waals surface area contributed by atoms with Crippen molar-refractivity contribution in [2.75, 3.05) is 0 Å². The van der Waals surface area contributed by atoms with Crippen molar-refractivity contribution in [3.63, 3.8) is 0 Å². The molecule has 17 heavy (non-hydrogen) atoms. The number of nitrogens with two attached hydrogens (primary N) is 1. The fourth-order valence-corrected chi connectivity index (χ4v) is 4.76. The highest BCUT2D eigenvalue weighted by molar-refractivity contribution is 7.91. The van der Waals surface area contributed by atoms with Crippen LogP contribution in [0.3, 0.4) is 0 Å². The average Bonchev–Trinajstić information content (AvgIpc) is 2.69. The lowest BCUT2D eigenvalue weighted by molar-refractivity contribution is 0.374.